The van der Waals surface area contributed by atoms with E-state index in [1.165, 1.54) is 0 Å². The number of hydrogen-bond donors (Lipinski definition) is 0. The minimum Gasteiger partial charge on any atom is -0.402 e. The first-order chi connectivity index (χ1) is 15.1. The number of ether oxygens (including phenoxy) is 1. The molecule has 5 rings (SSSR count). The van der Waals surface area contributed by atoms with Crippen molar-refractivity contribution in [2.75, 3.05) is 0 Å². The summed E-state index contributed by atoms with van der Waals surface area (Å²) >= 11 is 12.2. The number of benzene rings is 3. The first-order valence-electron chi connectivity index (χ1n) is 9.68. The molecule has 4 nitrogen and oxygen atoms in total. The number of hydrogen-bond acceptors (Lipinski definition) is 3. The van der Waals surface area contributed by atoms with Crippen molar-refractivity contribution in [3.8, 4) is 0 Å². The van der Waals surface area contributed by atoms with Crippen LogP contribution in [0.4, 0.5) is 0 Å². The van der Waals surface area contributed by atoms with Gasteiger partial charge in [0.1, 0.15) is 0 Å². The summed E-state index contributed by atoms with van der Waals surface area (Å²) in [5, 5.41) is 2.07. The number of aromatic nitrogens is 1. The monoisotopic (exact) mass is 446 g/mol. The molecule has 0 amide bonds. The lowest BCUT2D eigenvalue weighted by atomic mass is 10.1. The minimum atomic E-state index is -0.458. The highest BCUT2D eigenvalue weighted by molar-refractivity contribution is 6.42. The average Bonchev–Trinajstić information content (AvgIpc) is 3.32. The molecule has 3 aromatic carbocycles. The van der Waals surface area contributed by atoms with Crippen LogP contribution in [0.3, 0.4) is 0 Å². The van der Waals surface area contributed by atoms with Crippen LogP contribution in [0.25, 0.3) is 17.0 Å². The summed E-state index contributed by atoms with van der Waals surface area (Å²) in [6.07, 6.45) is 3.77. The van der Waals surface area contributed by atoms with Gasteiger partial charge in [0.05, 0.1) is 10.0 Å². The maximum atomic E-state index is 12.4. The van der Waals surface area contributed by atoms with Gasteiger partial charge >= 0.3 is 5.97 Å². The summed E-state index contributed by atoms with van der Waals surface area (Å²) in [5.41, 5.74) is 4.00. The van der Waals surface area contributed by atoms with E-state index in [-0.39, 0.29) is 5.70 Å². The molecule has 1 aliphatic heterocycles. The Balaban J connectivity index is 1.54. The van der Waals surface area contributed by atoms with E-state index < -0.39 is 5.97 Å². The van der Waals surface area contributed by atoms with Crippen LogP contribution in [0.1, 0.15) is 16.7 Å². The van der Waals surface area contributed by atoms with Crippen LogP contribution in [-0.4, -0.2) is 16.4 Å². The second-order valence-electron chi connectivity index (χ2n) is 7.18. The van der Waals surface area contributed by atoms with Gasteiger partial charge in [-0.25, -0.2) is 9.79 Å². The summed E-state index contributed by atoms with van der Waals surface area (Å²) in [6.45, 7) is 0.615. The Kier molecular flexibility index (Phi) is 5.10. The molecule has 0 unspecified atom stereocenters. The van der Waals surface area contributed by atoms with E-state index >= 15 is 0 Å². The van der Waals surface area contributed by atoms with Crippen molar-refractivity contribution in [1.29, 1.82) is 0 Å². The van der Waals surface area contributed by atoms with E-state index in [4.69, 9.17) is 27.9 Å². The van der Waals surface area contributed by atoms with Crippen LogP contribution < -0.4 is 0 Å². The lowest BCUT2D eigenvalue weighted by Gasteiger charge is -2.06. The quantitative estimate of drug-likeness (QED) is 0.271. The zero-order valence-electron chi connectivity index (χ0n) is 16.3. The lowest BCUT2D eigenvalue weighted by Crippen LogP contribution is -2.04. The van der Waals surface area contributed by atoms with Crippen molar-refractivity contribution in [3.63, 3.8) is 0 Å². The van der Waals surface area contributed by atoms with Gasteiger partial charge in [-0.1, -0.05) is 65.7 Å². The predicted molar refractivity (Wildman–Crippen MR) is 125 cm³/mol. The fourth-order valence-electron chi connectivity index (χ4n) is 3.62. The van der Waals surface area contributed by atoms with Crippen molar-refractivity contribution >= 4 is 52.0 Å². The van der Waals surface area contributed by atoms with E-state index in [0.29, 0.717) is 22.5 Å². The van der Waals surface area contributed by atoms with E-state index in [2.05, 4.69) is 9.56 Å². The normalized spacial score (nSPS) is 14.8. The number of carbonyl (C=O) groups is 1. The summed E-state index contributed by atoms with van der Waals surface area (Å²) in [5.74, 6) is -0.142. The van der Waals surface area contributed by atoms with Gasteiger partial charge in [0.2, 0.25) is 5.90 Å². The number of rotatable bonds is 4. The Hall–Kier alpha value is -3.34. The fraction of sp³-hybridized carbons (Fsp3) is 0.0400. The highest BCUT2D eigenvalue weighted by Crippen LogP contribution is 2.28. The van der Waals surface area contributed by atoms with Gasteiger partial charge in [-0.3, -0.25) is 0 Å². The van der Waals surface area contributed by atoms with E-state index in [1.807, 2.05) is 72.9 Å². The summed E-state index contributed by atoms with van der Waals surface area (Å²) < 4.78 is 7.49. The second kappa shape index (κ2) is 8.06. The van der Waals surface area contributed by atoms with Gasteiger partial charge in [0.15, 0.2) is 5.70 Å². The molecule has 0 atom stereocenters. The molecule has 0 saturated heterocycles. The number of cyclic esters (lactones) is 1. The molecule has 31 heavy (non-hydrogen) atoms. The molecular formula is C25H16Cl2N2O2. The maximum absolute atomic E-state index is 12.4. The van der Waals surface area contributed by atoms with Gasteiger partial charge in [-0.15, -0.1) is 0 Å². The zero-order chi connectivity index (χ0) is 21.4. The molecule has 0 saturated carbocycles. The number of halogens is 2. The Morgan fingerprint density at radius 3 is 2.52 bits per heavy atom. The molecule has 0 N–H and O–H groups in total. The van der Waals surface area contributed by atoms with Crippen molar-refractivity contribution in [1.82, 2.24) is 4.57 Å². The van der Waals surface area contributed by atoms with Crippen molar-refractivity contribution in [2.45, 2.75) is 6.54 Å². The fourth-order valence-corrected chi connectivity index (χ4v) is 3.94. The molecule has 2 heterocycles. The van der Waals surface area contributed by atoms with Crippen molar-refractivity contribution < 1.29 is 9.53 Å². The van der Waals surface area contributed by atoms with Crippen LogP contribution >= 0.6 is 23.2 Å². The molecule has 4 aromatic rings. The second-order valence-corrected chi connectivity index (χ2v) is 7.99. The van der Waals surface area contributed by atoms with Gasteiger partial charge in [-0.05, 0) is 42.0 Å². The highest BCUT2D eigenvalue weighted by atomic mass is 35.5. The van der Waals surface area contributed by atoms with Crippen LogP contribution in [0.5, 0.6) is 0 Å². The highest BCUT2D eigenvalue weighted by Gasteiger charge is 2.24. The largest absolute Gasteiger partial charge is 0.402 e. The minimum absolute atomic E-state index is 0.274. The third-order valence-electron chi connectivity index (χ3n) is 5.09. The van der Waals surface area contributed by atoms with Gasteiger partial charge in [0, 0.05) is 34.8 Å². The third kappa shape index (κ3) is 3.88. The first-order valence-corrected chi connectivity index (χ1v) is 10.4. The topological polar surface area (TPSA) is 43.6 Å². The molecular weight excluding hydrogens is 431 g/mol. The number of carbonyl (C=O) groups excluding carboxylic acids is 1. The maximum Gasteiger partial charge on any atom is 0.363 e. The Bertz CT molecular complexity index is 1370. The van der Waals surface area contributed by atoms with Crippen LogP contribution in [-0.2, 0) is 16.1 Å². The lowest BCUT2D eigenvalue weighted by molar-refractivity contribution is -0.129. The average molecular weight is 447 g/mol. The zero-order valence-corrected chi connectivity index (χ0v) is 17.8. The summed E-state index contributed by atoms with van der Waals surface area (Å²) in [7, 11) is 0. The van der Waals surface area contributed by atoms with E-state index in [1.54, 1.807) is 12.1 Å². The predicted octanol–water partition coefficient (Wildman–Crippen LogP) is 6.34. The van der Waals surface area contributed by atoms with Crippen molar-refractivity contribution in [3.05, 3.63) is 111 Å². The first kappa shape index (κ1) is 19.6. The molecule has 0 fully saturated rings. The summed E-state index contributed by atoms with van der Waals surface area (Å²) in [6, 6.07) is 23.0. The smallest absolute Gasteiger partial charge is 0.363 e. The molecule has 0 aliphatic carbocycles. The number of esters is 1. The van der Waals surface area contributed by atoms with E-state index in [9.17, 15) is 4.79 Å². The van der Waals surface area contributed by atoms with E-state index in [0.717, 1.165) is 27.6 Å². The van der Waals surface area contributed by atoms with Gasteiger partial charge in [0.25, 0.3) is 0 Å². The SMILES string of the molecule is O=C1OC(c2ccccc2)=N/C1=C/c1cn(Cc2ccc(Cl)c(Cl)c2)c2ccccc12. The number of nitrogens with zero attached hydrogens (tertiary/aromatic N) is 2. The molecule has 1 aromatic heterocycles. The van der Waals surface area contributed by atoms with Gasteiger partial charge in [-0.2, -0.15) is 0 Å². The molecule has 0 bridgehead atoms. The number of para-hydroxylation sites is 1. The van der Waals surface area contributed by atoms with Gasteiger partial charge < -0.3 is 9.30 Å². The molecule has 1 aliphatic rings. The Labute approximate surface area is 189 Å². The molecule has 6 heteroatoms. The van der Waals surface area contributed by atoms with Crippen LogP contribution in [0.2, 0.25) is 10.0 Å². The van der Waals surface area contributed by atoms with Crippen molar-refractivity contribution in [2.24, 2.45) is 4.99 Å². The standard InChI is InChI=1S/C25H16Cl2N2O2/c26-20-11-10-16(12-21(20)27)14-29-15-18(19-8-4-5-9-23(19)29)13-22-25(30)31-24(28-22)17-6-2-1-3-7-17/h1-13,15H,14H2/b22-13+. The molecule has 0 spiro atoms. The Morgan fingerprint density at radius 2 is 1.71 bits per heavy atom. The van der Waals surface area contributed by atoms with Crippen LogP contribution in [0.15, 0.2) is 89.7 Å². The number of aliphatic imine (C=N–C) groups is 1. The molecule has 0 radical (unpaired) electrons. The molecule has 152 valence electrons. The Morgan fingerprint density at radius 1 is 0.935 bits per heavy atom. The third-order valence-corrected chi connectivity index (χ3v) is 5.83. The van der Waals surface area contributed by atoms with Crippen LogP contribution in [0, 0.1) is 0 Å². The summed E-state index contributed by atoms with van der Waals surface area (Å²) in [4.78, 5) is 16.8. The number of fused-ring (bicyclic) bond motifs is 1.